The lowest BCUT2D eigenvalue weighted by molar-refractivity contribution is -0.119. The van der Waals surface area contributed by atoms with Gasteiger partial charge in [0.25, 0.3) is 0 Å². The minimum Gasteiger partial charge on any atom is -0.317 e. The predicted molar refractivity (Wildman–Crippen MR) is 52.4 cm³/mol. The molecule has 15 heavy (non-hydrogen) atoms. The van der Waals surface area contributed by atoms with Gasteiger partial charge < -0.3 is 5.32 Å². The van der Waals surface area contributed by atoms with Crippen LogP contribution in [0.5, 0.6) is 0 Å². The van der Waals surface area contributed by atoms with Gasteiger partial charge in [-0.2, -0.15) is 5.26 Å². The topological polar surface area (TPSA) is 35.8 Å². The smallest absolute Gasteiger partial charge is 0.248 e. The molecule has 1 saturated heterocycles. The van der Waals surface area contributed by atoms with E-state index < -0.39 is 5.92 Å². The normalized spacial score (nSPS) is 29.1. The average Bonchev–Trinajstić information content (AvgIpc) is 2.16. The number of alkyl halides is 2. The van der Waals surface area contributed by atoms with Crippen molar-refractivity contribution in [3.63, 3.8) is 0 Å². The van der Waals surface area contributed by atoms with Crippen LogP contribution in [0.4, 0.5) is 8.78 Å². The molecule has 1 heterocycles. The summed E-state index contributed by atoms with van der Waals surface area (Å²) in [7, 11) is 0. The molecule has 0 unspecified atom stereocenters. The molecule has 2 aliphatic rings. The zero-order valence-corrected chi connectivity index (χ0v) is 8.73. The maximum atomic E-state index is 12.7. The third kappa shape index (κ3) is 2.28. The Bertz CT molecular complexity index is 269. The first-order chi connectivity index (χ1) is 7.05. The lowest BCUT2D eigenvalue weighted by atomic mass is 9.67. The highest BCUT2D eigenvalue weighted by Gasteiger charge is 2.48. The summed E-state index contributed by atoms with van der Waals surface area (Å²) in [5.41, 5.74) is -0.327. The molecule has 2 fully saturated rings. The molecule has 0 radical (unpaired) electrons. The number of rotatable bonds is 2. The highest BCUT2D eigenvalue weighted by Crippen LogP contribution is 2.49. The molecule has 1 saturated carbocycles. The molecule has 1 N–H and O–H groups in total. The Hall–Kier alpha value is -0.690. The summed E-state index contributed by atoms with van der Waals surface area (Å²) in [5, 5.41) is 12.4. The number of halogens is 2. The molecular weight excluding hydrogens is 198 g/mol. The minimum absolute atomic E-state index is 0.0101. The molecule has 0 aromatic heterocycles. The Morgan fingerprint density at radius 2 is 1.87 bits per heavy atom. The SMILES string of the molecule is N#CC1(CC2CC(F)(F)C2)CCNCC1. The van der Waals surface area contributed by atoms with Crippen LogP contribution in [0.25, 0.3) is 0 Å². The molecule has 2 nitrogen and oxygen atoms in total. The first kappa shape index (κ1) is 10.8. The van der Waals surface area contributed by atoms with Crippen molar-refractivity contribution in [1.82, 2.24) is 5.32 Å². The fourth-order valence-corrected chi connectivity index (χ4v) is 2.75. The summed E-state index contributed by atoms with van der Waals surface area (Å²) in [5.74, 6) is -2.38. The maximum absolute atomic E-state index is 12.7. The van der Waals surface area contributed by atoms with E-state index in [1.807, 2.05) is 0 Å². The zero-order chi connectivity index (χ0) is 10.9. The number of nitriles is 1. The first-order valence-corrected chi connectivity index (χ1v) is 5.55. The van der Waals surface area contributed by atoms with Gasteiger partial charge in [0.2, 0.25) is 5.92 Å². The highest BCUT2D eigenvalue weighted by atomic mass is 19.3. The van der Waals surface area contributed by atoms with Crippen LogP contribution in [0.15, 0.2) is 0 Å². The van der Waals surface area contributed by atoms with Crippen LogP contribution in [-0.4, -0.2) is 19.0 Å². The molecule has 2 rings (SSSR count). The molecule has 0 aromatic rings. The Labute approximate surface area is 88.7 Å². The van der Waals surface area contributed by atoms with Gasteiger partial charge in [-0.3, -0.25) is 0 Å². The van der Waals surface area contributed by atoms with Crippen molar-refractivity contribution >= 4 is 0 Å². The zero-order valence-electron chi connectivity index (χ0n) is 8.73. The average molecular weight is 214 g/mol. The van der Waals surface area contributed by atoms with Crippen LogP contribution in [0.1, 0.15) is 32.1 Å². The van der Waals surface area contributed by atoms with Crippen LogP contribution in [-0.2, 0) is 0 Å². The van der Waals surface area contributed by atoms with E-state index in [4.69, 9.17) is 0 Å². The number of nitrogens with one attached hydrogen (secondary N) is 1. The Balaban J connectivity index is 1.89. The number of hydrogen-bond acceptors (Lipinski definition) is 2. The highest BCUT2D eigenvalue weighted by molar-refractivity contribution is 5.04. The van der Waals surface area contributed by atoms with Crippen LogP contribution >= 0.6 is 0 Å². The monoisotopic (exact) mass is 214 g/mol. The van der Waals surface area contributed by atoms with E-state index in [2.05, 4.69) is 11.4 Å². The molecule has 1 aliphatic carbocycles. The predicted octanol–water partition coefficient (Wildman–Crippen LogP) is 2.32. The van der Waals surface area contributed by atoms with Crippen LogP contribution in [0, 0.1) is 22.7 Å². The Kier molecular flexibility index (Phi) is 2.68. The lowest BCUT2D eigenvalue weighted by Crippen LogP contribution is -2.42. The summed E-state index contributed by atoms with van der Waals surface area (Å²) in [6.07, 6.45) is 2.27. The van der Waals surface area contributed by atoms with Crippen molar-refractivity contribution in [2.45, 2.75) is 38.0 Å². The molecule has 1 aliphatic heterocycles. The van der Waals surface area contributed by atoms with E-state index in [9.17, 15) is 14.0 Å². The van der Waals surface area contributed by atoms with Crippen LogP contribution < -0.4 is 5.32 Å². The summed E-state index contributed by atoms with van der Waals surface area (Å²) >= 11 is 0. The summed E-state index contributed by atoms with van der Waals surface area (Å²) in [4.78, 5) is 0. The minimum atomic E-state index is -2.45. The molecule has 0 amide bonds. The van der Waals surface area contributed by atoms with Crippen molar-refractivity contribution in [3.8, 4) is 6.07 Å². The van der Waals surface area contributed by atoms with Gasteiger partial charge >= 0.3 is 0 Å². The standard InChI is InChI=1S/C11H16F2N2/c12-11(13)6-9(7-11)5-10(8-14)1-3-15-4-2-10/h9,15H,1-7H2. The third-order valence-electron chi connectivity index (χ3n) is 3.65. The van der Waals surface area contributed by atoms with Gasteiger partial charge in [-0.25, -0.2) is 8.78 Å². The molecular formula is C11H16F2N2. The molecule has 4 heteroatoms. The number of hydrogen-bond donors (Lipinski definition) is 1. The first-order valence-electron chi connectivity index (χ1n) is 5.55. The van der Waals surface area contributed by atoms with Gasteiger partial charge in [0.1, 0.15) is 0 Å². The largest absolute Gasteiger partial charge is 0.317 e. The fraction of sp³-hybridized carbons (Fsp3) is 0.909. The Morgan fingerprint density at radius 1 is 1.27 bits per heavy atom. The molecule has 84 valence electrons. The molecule has 0 aromatic carbocycles. The van der Waals surface area contributed by atoms with Crippen molar-refractivity contribution < 1.29 is 8.78 Å². The Morgan fingerprint density at radius 3 is 2.33 bits per heavy atom. The molecule has 0 atom stereocenters. The van der Waals surface area contributed by atoms with Gasteiger partial charge in [-0.15, -0.1) is 0 Å². The van der Waals surface area contributed by atoms with E-state index in [1.54, 1.807) is 0 Å². The van der Waals surface area contributed by atoms with Crippen molar-refractivity contribution in [2.24, 2.45) is 11.3 Å². The maximum Gasteiger partial charge on any atom is 0.248 e. The van der Waals surface area contributed by atoms with E-state index in [0.717, 1.165) is 25.9 Å². The van der Waals surface area contributed by atoms with Crippen molar-refractivity contribution in [1.29, 1.82) is 5.26 Å². The van der Waals surface area contributed by atoms with Crippen LogP contribution in [0.2, 0.25) is 0 Å². The summed E-state index contributed by atoms with van der Waals surface area (Å²) in [6.45, 7) is 1.69. The quantitative estimate of drug-likeness (QED) is 0.765. The van der Waals surface area contributed by atoms with Gasteiger partial charge in [-0.1, -0.05) is 0 Å². The van der Waals surface area contributed by atoms with Gasteiger partial charge in [0.15, 0.2) is 0 Å². The van der Waals surface area contributed by atoms with Crippen molar-refractivity contribution in [2.75, 3.05) is 13.1 Å². The second-order valence-corrected chi connectivity index (χ2v) is 4.98. The van der Waals surface area contributed by atoms with E-state index >= 15 is 0 Å². The van der Waals surface area contributed by atoms with Gasteiger partial charge in [0, 0.05) is 12.8 Å². The number of piperidine rings is 1. The summed E-state index contributed by atoms with van der Waals surface area (Å²) in [6, 6.07) is 2.36. The molecule has 0 bridgehead atoms. The fourth-order valence-electron chi connectivity index (χ4n) is 2.75. The van der Waals surface area contributed by atoms with Crippen molar-refractivity contribution in [3.05, 3.63) is 0 Å². The molecule has 0 spiro atoms. The second-order valence-electron chi connectivity index (χ2n) is 4.98. The van der Waals surface area contributed by atoms with Gasteiger partial charge in [0.05, 0.1) is 11.5 Å². The third-order valence-corrected chi connectivity index (χ3v) is 3.65. The lowest BCUT2D eigenvalue weighted by Gasteiger charge is -2.41. The second kappa shape index (κ2) is 3.71. The van der Waals surface area contributed by atoms with E-state index in [1.165, 1.54) is 0 Å². The van der Waals surface area contributed by atoms with Gasteiger partial charge in [-0.05, 0) is 38.3 Å². The summed E-state index contributed by atoms with van der Waals surface area (Å²) < 4.78 is 25.4. The van der Waals surface area contributed by atoms with E-state index in [-0.39, 0.29) is 24.2 Å². The number of nitrogens with zero attached hydrogens (tertiary/aromatic N) is 1. The van der Waals surface area contributed by atoms with E-state index in [0.29, 0.717) is 6.42 Å². The van der Waals surface area contributed by atoms with Crippen LogP contribution in [0.3, 0.4) is 0 Å².